The van der Waals surface area contributed by atoms with E-state index in [0.717, 1.165) is 11.1 Å². The van der Waals surface area contributed by atoms with Crippen molar-refractivity contribution in [2.75, 3.05) is 11.1 Å². The van der Waals surface area contributed by atoms with Gasteiger partial charge in [0, 0.05) is 16.6 Å². The molecular weight excluding hydrogens is 325 g/mol. The number of benzene rings is 1. The average Bonchev–Trinajstić information content (AvgIpc) is 2.78. The number of carbonyl (C=O) groups excluding carboxylic acids is 1. The highest BCUT2D eigenvalue weighted by Gasteiger charge is 2.29. The number of halogens is 2. The predicted molar refractivity (Wildman–Crippen MR) is 87.0 cm³/mol. The van der Waals surface area contributed by atoms with Gasteiger partial charge in [0.25, 0.3) is 0 Å². The van der Waals surface area contributed by atoms with Crippen molar-refractivity contribution in [1.29, 1.82) is 0 Å². The Balaban J connectivity index is 2.12. The van der Waals surface area contributed by atoms with Crippen molar-refractivity contribution in [3.05, 3.63) is 46.4 Å². The SMILES string of the molecule is CC(C)n1ncc2c1NC(=O)CS[C@@H]2c1ccc(F)cc1Cl. The van der Waals surface area contributed by atoms with Crippen molar-refractivity contribution in [2.45, 2.75) is 25.1 Å². The number of aromatic nitrogens is 2. The largest absolute Gasteiger partial charge is 0.310 e. The molecule has 1 N–H and O–H groups in total. The van der Waals surface area contributed by atoms with Crippen molar-refractivity contribution in [3.8, 4) is 0 Å². The fraction of sp³-hybridized carbons (Fsp3) is 0.333. The maximum Gasteiger partial charge on any atom is 0.235 e. The van der Waals surface area contributed by atoms with Crippen LogP contribution in [0.3, 0.4) is 0 Å². The van der Waals surface area contributed by atoms with Crippen LogP contribution in [0.25, 0.3) is 0 Å². The molecule has 0 saturated carbocycles. The molecule has 2 aromatic rings. The van der Waals surface area contributed by atoms with E-state index in [4.69, 9.17) is 11.6 Å². The van der Waals surface area contributed by atoms with Gasteiger partial charge in [-0.1, -0.05) is 17.7 Å². The molecule has 1 atom stereocenters. The first kappa shape index (κ1) is 15.4. The molecule has 1 aromatic carbocycles. The third-order valence-electron chi connectivity index (χ3n) is 3.48. The Morgan fingerprint density at radius 1 is 1.45 bits per heavy atom. The van der Waals surface area contributed by atoms with Gasteiger partial charge in [0.1, 0.15) is 11.6 Å². The van der Waals surface area contributed by atoms with Crippen LogP contribution in [0.4, 0.5) is 10.2 Å². The number of fused-ring (bicyclic) bond motifs is 1. The van der Waals surface area contributed by atoms with E-state index in [1.165, 1.54) is 23.9 Å². The Bertz CT molecular complexity index is 732. The van der Waals surface area contributed by atoms with Gasteiger partial charge in [-0.05, 0) is 31.5 Å². The fourth-order valence-electron chi connectivity index (χ4n) is 2.48. The van der Waals surface area contributed by atoms with Crippen LogP contribution in [0.2, 0.25) is 5.02 Å². The number of anilines is 1. The molecule has 0 saturated heterocycles. The summed E-state index contributed by atoms with van der Waals surface area (Å²) in [5.74, 6) is 0.551. The summed E-state index contributed by atoms with van der Waals surface area (Å²) in [6.07, 6.45) is 1.75. The molecule has 22 heavy (non-hydrogen) atoms. The van der Waals surface area contributed by atoms with Crippen molar-refractivity contribution in [2.24, 2.45) is 0 Å². The number of rotatable bonds is 2. The zero-order valence-electron chi connectivity index (χ0n) is 12.1. The number of nitrogens with zero attached hydrogens (tertiary/aromatic N) is 2. The molecule has 0 radical (unpaired) electrons. The normalized spacial score (nSPS) is 18.0. The molecule has 4 nitrogen and oxygen atoms in total. The Morgan fingerprint density at radius 3 is 2.91 bits per heavy atom. The van der Waals surface area contributed by atoms with Gasteiger partial charge in [-0.3, -0.25) is 4.79 Å². The predicted octanol–water partition coefficient (Wildman–Crippen LogP) is 4.03. The van der Waals surface area contributed by atoms with Crippen LogP contribution in [0.1, 0.15) is 36.3 Å². The van der Waals surface area contributed by atoms with Crippen LogP contribution in [-0.4, -0.2) is 21.4 Å². The van der Waals surface area contributed by atoms with Crippen molar-refractivity contribution < 1.29 is 9.18 Å². The van der Waals surface area contributed by atoms with E-state index in [9.17, 15) is 9.18 Å². The third kappa shape index (κ3) is 2.73. The first-order valence-electron chi connectivity index (χ1n) is 6.91. The minimum absolute atomic E-state index is 0.0746. The fourth-order valence-corrected chi connectivity index (χ4v) is 3.95. The Labute approximate surface area is 137 Å². The van der Waals surface area contributed by atoms with Crippen LogP contribution in [-0.2, 0) is 4.79 Å². The first-order valence-corrected chi connectivity index (χ1v) is 8.34. The summed E-state index contributed by atoms with van der Waals surface area (Å²) in [6.45, 7) is 3.99. The summed E-state index contributed by atoms with van der Waals surface area (Å²) in [7, 11) is 0. The minimum Gasteiger partial charge on any atom is -0.310 e. The van der Waals surface area contributed by atoms with Gasteiger partial charge in [-0.25, -0.2) is 9.07 Å². The molecule has 1 amide bonds. The van der Waals surface area contributed by atoms with E-state index in [-0.39, 0.29) is 23.0 Å². The lowest BCUT2D eigenvalue weighted by Gasteiger charge is -2.16. The highest BCUT2D eigenvalue weighted by atomic mass is 35.5. The second-order valence-electron chi connectivity index (χ2n) is 5.39. The third-order valence-corrected chi connectivity index (χ3v) is 5.08. The van der Waals surface area contributed by atoms with Gasteiger partial charge in [0.2, 0.25) is 5.91 Å². The van der Waals surface area contributed by atoms with Crippen molar-refractivity contribution in [3.63, 3.8) is 0 Å². The second kappa shape index (κ2) is 5.93. The molecule has 116 valence electrons. The quantitative estimate of drug-likeness (QED) is 0.898. The van der Waals surface area contributed by atoms with E-state index in [1.807, 2.05) is 13.8 Å². The summed E-state index contributed by atoms with van der Waals surface area (Å²) in [4.78, 5) is 12.0. The van der Waals surface area contributed by atoms with Crippen LogP contribution < -0.4 is 5.32 Å². The molecule has 1 aliphatic heterocycles. The second-order valence-corrected chi connectivity index (χ2v) is 6.89. The Hall–Kier alpha value is -1.53. The van der Waals surface area contributed by atoms with Gasteiger partial charge in [0.15, 0.2) is 0 Å². The molecule has 0 fully saturated rings. The van der Waals surface area contributed by atoms with Crippen molar-refractivity contribution in [1.82, 2.24) is 9.78 Å². The monoisotopic (exact) mass is 339 g/mol. The van der Waals surface area contributed by atoms with E-state index in [2.05, 4.69) is 10.4 Å². The van der Waals surface area contributed by atoms with E-state index in [1.54, 1.807) is 16.9 Å². The number of nitrogens with one attached hydrogen (secondary N) is 1. The Morgan fingerprint density at radius 2 is 2.23 bits per heavy atom. The lowest BCUT2D eigenvalue weighted by Crippen LogP contribution is -2.17. The lowest BCUT2D eigenvalue weighted by atomic mass is 10.1. The van der Waals surface area contributed by atoms with Gasteiger partial charge >= 0.3 is 0 Å². The van der Waals surface area contributed by atoms with Gasteiger partial charge < -0.3 is 5.32 Å². The molecule has 2 heterocycles. The molecule has 0 aliphatic carbocycles. The average molecular weight is 340 g/mol. The summed E-state index contributed by atoms with van der Waals surface area (Å²) < 4.78 is 15.1. The standard InChI is InChI=1S/C15H15ClFN3OS/c1-8(2)20-15-11(6-18-20)14(22-7-13(21)19-15)10-4-3-9(17)5-12(10)16/h3-6,8,14H,7H2,1-2H3,(H,19,21)/t14-/m1/s1. The molecule has 1 aromatic heterocycles. The van der Waals surface area contributed by atoms with Gasteiger partial charge in [-0.2, -0.15) is 5.10 Å². The lowest BCUT2D eigenvalue weighted by molar-refractivity contribution is -0.113. The van der Waals surface area contributed by atoms with E-state index in [0.29, 0.717) is 16.6 Å². The van der Waals surface area contributed by atoms with Crippen LogP contribution >= 0.6 is 23.4 Å². The number of amides is 1. The van der Waals surface area contributed by atoms with Gasteiger partial charge in [-0.15, -0.1) is 11.8 Å². The topological polar surface area (TPSA) is 46.9 Å². The molecule has 0 bridgehead atoms. The van der Waals surface area contributed by atoms with Crippen LogP contribution in [0, 0.1) is 5.82 Å². The minimum atomic E-state index is -0.375. The molecule has 7 heteroatoms. The zero-order valence-corrected chi connectivity index (χ0v) is 13.7. The van der Waals surface area contributed by atoms with E-state index >= 15 is 0 Å². The summed E-state index contributed by atoms with van der Waals surface area (Å²) >= 11 is 7.66. The Kier molecular flexibility index (Phi) is 4.14. The first-order chi connectivity index (χ1) is 10.5. The highest BCUT2D eigenvalue weighted by molar-refractivity contribution is 8.00. The van der Waals surface area contributed by atoms with Gasteiger partial charge in [0.05, 0.1) is 17.2 Å². The number of hydrogen-bond acceptors (Lipinski definition) is 3. The molecular formula is C15H15ClFN3OS. The summed E-state index contributed by atoms with van der Waals surface area (Å²) in [5, 5.41) is 7.47. The van der Waals surface area contributed by atoms with Crippen LogP contribution in [0.15, 0.2) is 24.4 Å². The number of hydrogen-bond donors (Lipinski definition) is 1. The molecule has 3 rings (SSSR count). The summed E-state index contributed by atoms with van der Waals surface area (Å²) in [5.41, 5.74) is 1.67. The maximum absolute atomic E-state index is 13.3. The summed E-state index contributed by atoms with van der Waals surface area (Å²) in [6, 6.07) is 4.47. The molecule has 0 spiro atoms. The molecule has 0 unspecified atom stereocenters. The van der Waals surface area contributed by atoms with Crippen LogP contribution in [0.5, 0.6) is 0 Å². The molecule has 1 aliphatic rings. The smallest absolute Gasteiger partial charge is 0.235 e. The number of thioether (sulfide) groups is 1. The highest BCUT2D eigenvalue weighted by Crippen LogP contribution is 2.44. The zero-order chi connectivity index (χ0) is 15.9. The number of carbonyl (C=O) groups is 1. The van der Waals surface area contributed by atoms with Crippen molar-refractivity contribution >= 4 is 35.1 Å². The van der Waals surface area contributed by atoms with E-state index < -0.39 is 0 Å². The maximum atomic E-state index is 13.3.